The molecule has 0 saturated carbocycles. The molecule has 0 unspecified atom stereocenters. The van der Waals surface area contributed by atoms with Crippen molar-refractivity contribution >= 4 is 52.5 Å². The van der Waals surface area contributed by atoms with Gasteiger partial charge in [0.05, 0.1) is 10.0 Å². The van der Waals surface area contributed by atoms with E-state index >= 15 is 0 Å². The number of thioether (sulfide) groups is 1. The third kappa shape index (κ3) is 5.40. The molecular formula is C16H14Cl3NOS. The summed E-state index contributed by atoms with van der Waals surface area (Å²) in [6, 6.07) is 12.5. The highest BCUT2D eigenvalue weighted by Gasteiger charge is 2.05. The molecule has 0 radical (unpaired) electrons. The van der Waals surface area contributed by atoms with E-state index in [2.05, 4.69) is 5.32 Å². The van der Waals surface area contributed by atoms with E-state index in [1.807, 2.05) is 12.1 Å². The quantitative estimate of drug-likeness (QED) is 0.694. The summed E-state index contributed by atoms with van der Waals surface area (Å²) in [5.41, 5.74) is 1.68. The minimum Gasteiger partial charge on any atom is -0.351 e. The average Bonchev–Trinajstić information content (AvgIpc) is 2.50. The molecular weight excluding hydrogens is 361 g/mol. The number of hydrogen-bond acceptors (Lipinski definition) is 2. The molecule has 0 aliphatic heterocycles. The first kappa shape index (κ1) is 17.5. The zero-order valence-corrected chi connectivity index (χ0v) is 14.7. The molecule has 2 nitrogen and oxygen atoms in total. The third-order valence-corrected chi connectivity index (χ3v) is 4.88. The minimum atomic E-state index is -0.113. The van der Waals surface area contributed by atoms with Crippen LogP contribution in [0.5, 0.6) is 0 Å². The van der Waals surface area contributed by atoms with E-state index in [9.17, 15) is 4.79 Å². The maximum Gasteiger partial charge on any atom is 0.251 e. The van der Waals surface area contributed by atoms with E-state index in [-0.39, 0.29) is 5.91 Å². The largest absolute Gasteiger partial charge is 0.351 e. The summed E-state index contributed by atoms with van der Waals surface area (Å²) in [4.78, 5) is 11.9. The van der Waals surface area contributed by atoms with Crippen molar-refractivity contribution in [2.24, 2.45) is 0 Å². The first-order valence-corrected chi connectivity index (χ1v) is 8.90. The van der Waals surface area contributed by atoms with Gasteiger partial charge in [0.2, 0.25) is 0 Å². The molecule has 0 fully saturated rings. The number of halogens is 3. The molecule has 0 aromatic heterocycles. The Labute approximate surface area is 149 Å². The topological polar surface area (TPSA) is 29.1 Å². The SMILES string of the molecule is O=C(NCCSCc1ccc(Cl)c(Cl)c1)c1cccc(Cl)c1. The van der Waals surface area contributed by atoms with Crippen LogP contribution in [0.3, 0.4) is 0 Å². The fraction of sp³-hybridized carbons (Fsp3) is 0.188. The van der Waals surface area contributed by atoms with Gasteiger partial charge in [-0.1, -0.05) is 46.9 Å². The summed E-state index contributed by atoms with van der Waals surface area (Å²) in [7, 11) is 0. The van der Waals surface area contributed by atoms with Crippen LogP contribution in [0.1, 0.15) is 15.9 Å². The van der Waals surface area contributed by atoms with Crippen LogP contribution in [0, 0.1) is 0 Å². The Morgan fingerprint density at radius 2 is 1.86 bits per heavy atom. The van der Waals surface area contributed by atoms with Gasteiger partial charge in [-0.25, -0.2) is 0 Å². The van der Waals surface area contributed by atoms with Gasteiger partial charge in [0.15, 0.2) is 0 Å². The normalized spacial score (nSPS) is 10.5. The van der Waals surface area contributed by atoms with Gasteiger partial charge in [-0.05, 0) is 35.9 Å². The van der Waals surface area contributed by atoms with Crippen LogP contribution in [0.4, 0.5) is 0 Å². The lowest BCUT2D eigenvalue weighted by Crippen LogP contribution is -2.25. The number of rotatable bonds is 6. The molecule has 0 bridgehead atoms. The fourth-order valence-electron chi connectivity index (χ4n) is 1.79. The summed E-state index contributed by atoms with van der Waals surface area (Å²) in [5, 5.41) is 4.55. The second-order valence-corrected chi connectivity index (χ2v) is 6.92. The van der Waals surface area contributed by atoms with Gasteiger partial charge in [-0.3, -0.25) is 4.79 Å². The second kappa shape index (κ2) is 8.68. The van der Waals surface area contributed by atoms with Crippen LogP contribution < -0.4 is 5.32 Å². The molecule has 1 N–H and O–H groups in total. The van der Waals surface area contributed by atoms with Crippen LogP contribution in [-0.4, -0.2) is 18.2 Å². The maximum absolute atomic E-state index is 11.9. The highest BCUT2D eigenvalue weighted by atomic mass is 35.5. The summed E-state index contributed by atoms with van der Waals surface area (Å²) < 4.78 is 0. The first-order valence-electron chi connectivity index (χ1n) is 6.61. The van der Waals surface area contributed by atoms with Crippen molar-refractivity contribution in [1.82, 2.24) is 5.32 Å². The Kier molecular flexibility index (Phi) is 6.90. The van der Waals surface area contributed by atoms with Crippen molar-refractivity contribution in [2.75, 3.05) is 12.3 Å². The molecule has 0 aliphatic rings. The lowest BCUT2D eigenvalue weighted by molar-refractivity contribution is 0.0956. The Morgan fingerprint density at radius 1 is 1.05 bits per heavy atom. The van der Waals surface area contributed by atoms with Crippen LogP contribution >= 0.6 is 46.6 Å². The number of hydrogen-bond donors (Lipinski definition) is 1. The Hall–Kier alpha value is -0.870. The number of nitrogens with one attached hydrogen (secondary N) is 1. The van der Waals surface area contributed by atoms with Crippen molar-refractivity contribution in [3.8, 4) is 0 Å². The molecule has 6 heteroatoms. The van der Waals surface area contributed by atoms with Gasteiger partial charge in [-0.2, -0.15) is 11.8 Å². The molecule has 0 atom stereocenters. The number of carbonyl (C=O) groups is 1. The van der Waals surface area contributed by atoms with Crippen molar-refractivity contribution in [2.45, 2.75) is 5.75 Å². The summed E-state index contributed by atoms with van der Waals surface area (Å²) >= 11 is 19.4. The number of benzene rings is 2. The zero-order valence-electron chi connectivity index (χ0n) is 11.6. The van der Waals surface area contributed by atoms with Gasteiger partial charge < -0.3 is 5.32 Å². The monoisotopic (exact) mass is 373 g/mol. The van der Waals surface area contributed by atoms with Crippen LogP contribution in [0.2, 0.25) is 15.1 Å². The Morgan fingerprint density at radius 3 is 2.59 bits per heavy atom. The third-order valence-electron chi connectivity index (χ3n) is 2.87. The summed E-state index contributed by atoms with van der Waals surface area (Å²) in [5.74, 6) is 1.52. The summed E-state index contributed by atoms with van der Waals surface area (Å²) in [6.45, 7) is 0.595. The minimum absolute atomic E-state index is 0.113. The Bertz CT molecular complexity index is 664. The highest BCUT2D eigenvalue weighted by molar-refractivity contribution is 7.98. The molecule has 1 amide bonds. The standard InChI is InChI=1S/C16H14Cl3NOS/c17-13-3-1-2-12(9-13)16(21)20-6-7-22-10-11-4-5-14(18)15(19)8-11/h1-5,8-9H,6-7,10H2,(H,20,21). The molecule has 0 heterocycles. The number of amides is 1. The molecule has 116 valence electrons. The van der Waals surface area contributed by atoms with Gasteiger partial charge in [-0.15, -0.1) is 0 Å². The van der Waals surface area contributed by atoms with E-state index in [0.29, 0.717) is 27.2 Å². The maximum atomic E-state index is 11.9. The van der Waals surface area contributed by atoms with E-state index in [1.54, 1.807) is 42.1 Å². The molecule has 2 aromatic rings. The van der Waals surface area contributed by atoms with Crippen LogP contribution in [0.25, 0.3) is 0 Å². The van der Waals surface area contributed by atoms with Crippen LogP contribution in [-0.2, 0) is 5.75 Å². The van der Waals surface area contributed by atoms with Gasteiger partial charge in [0.25, 0.3) is 5.91 Å². The lowest BCUT2D eigenvalue weighted by Gasteiger charge is -2.06. The van der Waals surface area contributed by atoms with Crippen molar-refractivity contribution in [3.05, 3.63) is 68.7 Å². The van der Waals surface area contributed by atoms with E-state index in [1.165, 1.54) is 0 Å². The smallest absolute Gasteiger partial charge is 0.251 e. The predicted octanol–water partition coefficient (Wildman–Crippen LogP) is 5.31. The number of carbonyl (C=O) groups excluding carboxylic acids is 1. The fourth-order valence-corrected chi connectivity index (χ4v) is 3.10. The molecule has 0 saturated heterocycles. The lowest BCUT2D eigenvalue weighted by atomic mass is 10.2. The average molecular weight is 375 g/mol. The van der Waals surface area contributed by atoms with Gasteiger partial charge in [0.1, 0.15) is 0 Å². The van der Waals surface area contributed by atoms with E-state index in [4.69, 9.17) is 34.8 Å². The molecule has 0 spiro atoms. The Balaban J connectivity index is 1.71. The molecule has 22 heavy (non-hydrogen) atoms. The molecule has 2 rings (SSSR count). The van der Waals surface area contributed by atoms with Crippen LogP contribution in [0.15, 0.2) is 42.5 Å². The van der Waals surface area contributed by atoms with Gasteiger partial charge >= 0.3 is 0 Å². The van der Waals surface area contributed by atoms with E-state index in [0.717, 1.165) is 17.1 Å². The van der Waals surface area contributed by atoms with Crippen molar-refractivity contribution in [3.63, 3.8) is 0 Å². The van der Waals surface area contributed by atoms with Gasteiger partial charge in [0, 0.05) is 28.6 Å². The van der Waals surface area contributed by atoms with E-state index < -0.39 is 0 Å². The van der Waals surface area contributed by atoms with Crippen molar-refractivity contribution < 1.29 is 4.79 Å². The second-order valence-electron chi connectivity index (χ2n) is 4.57. The molecule has 2 aromatic carbocycles. The first-order chi connectivity index (χ1) is 10.6. The van der Waals surface area contributed by atoms with Crippen molar-refractivity contribution in [1.29, 1.82) is 0 Å². The summed E-state index contributed by atoms with van der Waals surface area (Å²) in [6.07, 6.45) is 0. The molecule has 0 aliphatic carbocycles. The predicted molar refractivity (Wildman–Crippen MR) is 96.4 cm³/mol. The zero-order chi connectivity index (χ0) is 15.9. The highest BCUT2D eigenvalue weighted by Crippen LogP contribution is 2.24.